The fourth-order valence-electron chi connectivity index (χ4n) is 2.54. The SMILES string of the molecule is CCC(C)(CNC1CC1)CN1CCSC(C)C1. The highest BCUT2D eigenvalue weighted by atomic mass is 32.2. The minimum absolute atomic E-state index is 0.463. The standard InChI is InChI=1S/C14H28N2S/c1-4-14(3,10-15-13-5-6-13)11-16-7-8-17-12(2)9-16/h12-13,15H,4-11H2,1-3H3. The van der Waals surface area contributed by atoms with E-state index in [4.69, 9.17) is 0 Å². The van der Waals surface area contributed by atoms with Crippen molar-refractivity contribution in [3.63, 3.8) is 0 Å². The normalized spacial score (nSPS) is 30.2. The molecular formula is C14H28N2S. The van der Waals surface area contributed by atoms with Crippen LogP contribution in [0.1, 0.15) is 40.0 Å². The van der Waals surface area contributed by atoms with E-state index in [0.29, 0.717) is 5.41 Å². The van der Waals surface area contributed by atoms with Crippen molar-refractivity contribution in [3.8, 4) is 0 Å². The maximum Gasteiger partial charge on any atom is 0.0147 e. The first kappa shape index (κ1) is 13.7. The molecule has 1 saturated heterocycles. The van der Waals surface area contributed by atoms with E-state index >= 15 is 0 Å². The van der Waals surface area contributed by atoms with Gasteiger partial charge in [0, 0.05) is 43.2 Å². The lowest BCUT2D eigenvalue weighted by molar-refractivity contribution is 0.159. The fourth-order valence-corrected chi connectivity index (χ4v) is 3.63. The van der Waals surface area contributed by atoms with E-state index in [-0.39, 0.29) is 0 Å². The Morgan fingerprint density at radius 1 is 1.41 bits per heavy atom. The Balaban J connectivity index is 1.79. The Morgan fingerprint density at radius 2 is 2.18 bits per heavy atom. The second-order valence-electron chi connectivity index (χ2n) is 6.24. The van der Waals surface area contributed by atoms with Crippen LogP contribution in [-0.4, -0.2) is 48.1 Å². The Hall–Kier alpha value is 0.270. The molecule has 0 radical (unpaired) electrons. The molecule has 0 spiro atoms. The summed E-state index contributed by atoms with van der Waals surface area (Å²) in [5.74, 6) is 1.32. The summed E-state index contributed by atoms with van der Waals surface area (Å²) in [5, 5.41) is 4.54. The van der Waals surface area contributed by atoms with E-state index in [1.807, 2.05) is 0 Å². The largest absolute Gasteiger partial charge is 0.313 e. The molecule has 2 unspecified atom stereocenters. The van der Waals surface area contributed by atoms with Gasteiger partial charge in [0.05, 0.1) is 0 Å². The van der Waals surface area contributed by atoms with E-state index < -0.39 is 0 Å². The molecule has 17 heavy (non-hydrogen) atoms. The molecule has 1 heterocycles. The molecule has 2 fully saturated rings. The molecule has 0 aromatic carbocycles. The molecule has 2 nitrogen and oxygen atoms in total. The second kappa shape index (κ2) is 5.94. The van der Waals surface area contributed by atoms with Gasteiger partial charge in [-0.2, -0.15) is 11.8 Å². The number of nitrogens with zero attached hydrogens (tertiary/aromatic N) is 1. The highest BCUT2D eigenvalue weighted by molar-refractivity contribution is 7.99. The summed E-state index contributed by atoms with van der Waals surface area (Å²) < 4.78 is 0. The lowest BCUT2D eigenvalue weighted by Crippen LogP contribution is -2.46. The summed E-state index contributed by atoms with van der Waals surface area (Å²) >= 11 is 2.13. The number of hydrogen-bond acceptors (Lipinski definition) is 3. The van der Waals surface area contributed by atoms with Gasteiger partial charge in [0.15, 0.2) is 0 Å². The van der Waals surface area contributed by atoms with Gasteiger partial charge in [0.2, 0.25) is 0 Å². The predicted molar refractivity (Wildman–Crippen MR) is 77.8 cm³/mol. The smallest absolute Gasteiger partial charge is 0.0147 e. The van der Waals surface area contributed by atoms with Crippen LogP contribution in [0.15, 0.2) is 0 Å². The average Bonchev–Trinajstić information content (AvgIpc) is 3.10. The molecular weight excluding hydrogens is 228 g/mol. The van der Waals surface area contributed by atoms with Gasteiger partial charge >= 0.3 is 0 Å². The van der Waals surface area contributed by atoms with E-state index in [1.54, 1.807) is 0 Å². The molecule has 100 valence electrons. The number of rotatable bonds is 6. The van der Waals surface area contributed by atoms with Crippen LogP contribution in [0.25, 0.3) is 0 Å². The quantitative estimate of drug-likeness (QED) is 0.786. The van der Waals surface area contributed by atoms with Crippen LogP contribution < -0.4 is 5.32 Å². The second-order valence-corrected chi connectivity index (χ2v) is 7.78. The third-order valence-electron chi connectivity index (χ3n) is 4.18. The summed E-state index contributed by atoms with van der Waals surface area (Å²) in [6.07, 6.45) is 4.08. The van der Waals surface area contributed by atoms with Gasteiger partial charge in [-0.15, -0.1) is 0 Å². The van der Waals surface area contributed by atoms with Crippen molar-refractivity contribution in [3.05, 3.63) is 0 Å². The molecule has 1 saturated carbocycles. The first-order valence-electron chi connectivity index (χ1n) is 7.19. The van der Waals surface area contributed by atoms with Crippen LogP contribution in [0.3, 0.4) is 0 Å². The third kappa shape index (κ3) is 4.46. The van der Waals surface area contributed by atoms with E-state index in [9.17, 15) is 0 Å². The molecule has 1 N–H and O–H groups in total. The summed E-state index contributed by atoms with van der Waals surface area (Å²) in [6, 6.07) is 0.844. The van der Waals surface area contributed by atoms with Crippen molar-refractivity contribution in [1.82, 2.24) is 10.2 Å². The van der Waals surface area contributed by atoms with Gasteiger partial charge in [-0.1, -0.05) is 20.8 Å². The monoisotopic (exact) mass is 256 g/mol. The van der Waals surface area contributed by atoms with Crippen molar-refractivity contribution in [2.45, 2.75) is 51.3 Å². The Kier molecular flexibility index (Phi) is 4.79. The van der Waals surface area contributed by atoms with E-state index in [2.05, 4.69) is 42.7 Å². The molecule has 2 rings (SSSR count). The van der Waals surface area contributed by atoms with Crippen LogP contribution in [0.4, 0.5) is 0 Å². The molecule has 0 bridgehead atoms. The lowest BCUT2D eigenvalue weighted by atomic mass is 9.86. The van der Waals surface area contributed by atoms with E-state index in [0.717, 1.165) is 11.3 Å². The molecule has 0 aromatic heterocycles. The number of nitrogens with one attached hydrogen (secondary N) is 1. The zero-order valence-corrected chi connectivity index (χ0v) is 12.5. The molecule has 2 aliphatic rings. The number of hydrogen-bond donors (Lipinski definition) is 1. The molecule has 1 aliphatic carbocycles. The van der Waals surface area contributed by atoms with Gasteiger partial charge in [-0.25, -0.2) is 0 Å². The van der Waals surface area contributed by atoms with Gasteiger partial charge in [-0.05, 0) is 24.7 Å². The summed E-state index contributed by atoms with van der Waals surface area (Å²) in [6.45, 7) is 12.2. The summed E-state index contributed by atoms with van der Waals surface area (Å²) in [5.41, 5.74) is 0.463. The van der Waals surface area contributed by atoms with Crippen LogP contribution in [-0.2, 0) is 0 Å². The highest BCUT2D eigenvalue weighted by Crippen LogP contribution is 2.27. The average molecular weight is 256 g/mol. The first-order chi connectivity index (χ1) is 8.11. The lowest BCUT2D eigenvalue weighted by Gasteiger charge is -2.38. The van der Waals surface area contributed by atoms with E-state index in [1.165, 1.54) is 51.2 Å². The maximum atomic E-state index is 3.72. The highest BCUT2D eigenvalue weighted by Gasteiger charge is 2.30. The summed E-state index contributed by atoms with van der Waals surface area (Å²) in [7, 11) is 0. The van der Waals surface area contributed by atoms with Crippen LogP contribution >= 0.6 is 11.8 Å². The van der Waals surface area contributed by atoms with Crippen molar-refractivity contribution in [1.29, 1.82) is 0 Å². The fraction of sp³-hybridized carbons (Fsp3) is 1.00. The minimum atomic E-state index is 0.463. The number of thioether (sulfide) groups is 1. The van der Waals surface area contributed by atoms with Crippen molar-refractivity contribution in [2.24, 2.45) is 5.41 Å². The Morgan fingerprint density at radius 3 is 2.76 bits per heavy atom. The van der Waals surface area contributed by atoms with Crippen molar-refractivity contribution in [2.75, 3.05) is 31.9 Å². The Labute approximate surface area is 111 Å². The topological polar surface area (TPSA) is 15.3 Å². The third-order valence-corrected chi connectivity index (χ3v) is 5.32. The summed E-state index contributed by atoms with van der Waals surface area (Å²) in [4.78, 5) is 2.68. The minimum Gasteiger partial charge on any atom is -0.313 e. The van der Waals surface area contributed by atoms with Gasteiger partial charge < -0.3 is 10.2 Å². The Bertz CT molecular complexity index is 242. The van der Waals surface area contributed by atoms with Crippen LogP contribution in [0.5, 0.6) is 0 Å². The molecule has 0 amide bonds. The van der Waals surface area contributed by atoms with Crippen LogP contribution in [0, 0.1) is 5.41 Å². The van der Waals surface area contributed by atoms with Gasteiger partial charge in [0.1, 0.15) is 0 Å². The first-order valence-corrected chi connectivity index (χ1v) is 8.23. The van der Waals surface area contributed by atoms with Gasteiger partial charge in [0.25, 0.3) is 0 Å². The van der Waals surface area contributed by atoms with Crippen molar-refractivity contribution >= 4 is 11.8 Å². The molecule has 1 aliphatic heterocycles. The van der Waals surface area contributed by atoms with Crippen molar-refractivity contribution < 1.29 is 0 Å². The predicted octanol–water partition coefficient (Wildman–Crippen LogP) is 2.59. The zero-order valence-electron chi connectivity index (χ0n) is 11.7. The molecule has 2 atom stereocenters. The maximum absolute atomic E-state index is 3.72. The zero-order chi connectivity index (χ0) is 12.3. The van der Waals surface area contributed by atoms with Gasteiger partial charge in [-0.3, -0.25) is 0 Å². The molecule has 0 aromatic rings. The molecule has 3 heteroatoms. The van der Waals surface area contributed by atoms with Crippen LogP contribution in [0.2, 0.25) is 0 Å².